The van der Waals surface area contributed by atoms with E-state index in [1.807, 2.05) is 12.1 Å². The van der Waals surface area contributed by atoms with Crippen LogP contribution in [-0.4, -0.2) is 18.9 Å². The van der Waals surface area contributed by atoms with Gasteiger partial charge < -0.3 is 4.74 Å². The summed E-state index contributed by atoms with van der Waals surface area (Å²) in [5.41, 5.74) is -0.241. The van der Waals surface area contributed by atoms with E-state index in [1.165, 1.54) is 18.6 Å². The minimum atomic E-state index is -4.63. The van der Waals surface area contributed by atoms with E-state index < -0.39 is 21.5 Å². The van der Waals surface area contributed by atoms with Crippen molar-refractivity contribution in [3.05, 3.63) is 66.3 Å². The van der Waals surface area contributed by atoms with Crippen LogP contribution in [-0.2, 0) is 14.9 Å². The topological polar surface area (TPSA) is 80.7 Å². The second-order valence-corrected chi connectivity index (χ2v) is 10.7. The lowest BCUT2D eigenvalue weighted by atomic mass is 9.82. The van der Waals surface area contributed by atoms with Crippen LogP contribution in [0.5, 0.6) is 0 Å². The molecule has 1 aliphatic rings. The summed E-state index contributed by atoms with van der Waals surface area (Å²) in [5.74, 6) is -0.478. The van der Waals surface area contributed by atoms with Gasteiger partial charge in [-0.15, -0.1) is 0 Å². The van der Waals surface area contributed by atoms with Crippen molar-refractivity contribution >= 4 is 61.3 Å². The van der Waals surface area contributed by atoms with Crippen LogP contribution in [0.1, 0.15) is 64.9 Å². The van der Waals surface area contributed by atoms with Crippen LogP contribution in [0.2, 0.25) is 0 Å². The minimum Gasteiger partial charge on any atom is -0.435 e. The Morgan fingerprint density at radius 3 is 2.32 bits per heavy atom. The molecular formula is C20H20I2O5S. The molecule has 2 aromatic rings. The van der Waals surface area contributed by atoms with Crippen molar-refractivity contribution in [3.63, 3.8) is 0 Å². The van der Waals surface area contributed by atoms with Gasteiger partial charge in [-0.25, -0.2) is 4.79 Å². The zero-order chi connectivity index (χ0) is 20.3. The van der Waals surface area contributed by atoms with Gasteiger partial charge in [0.15, 0.2) is 0 Å². The molecule has 0 aliphatic heterocycles. The first-order chi connectivity index (χ1) is 13.3. The average molecular weight is 626 g/mol. The predicted octanol–water partition coefficient (Wildman–Crippen LogP) is 5.69. The molecule has 28 heavy (non-hydrogen) atoms. The zero-order valence-corrected chi connectivity index (χ0v) is 20.1. The Bertz CT molecular complexity index is 954. The summed E-state index contributed by atoms with van der Waals surface area (Å²) in [4.78, 5) is 13.1. The highest BCUT2D eigenvalue weighted by molar-refractivity contribution is 14.1. The number of benzene rings is 2. The molecule has 0 amide bonds. The van der Waals surface area contributed by atoms with E-state index in [0.29, 0.717) is 5.56 Å². The van der Waals surface area contributed by atoms with Crippen LogP contribution in [0.4, 0.5) is 0 Å². The Labute approximate surface area is 192 Å². The molecule has 5 nitrogen and oxygen atoms in total. The van der Waals surface area contributed by atoms with Crippen molar-refractivity contribution in [2.45, 2.75) is 43.5 Å². The van der Waals surface area contributed by atoms with Crippen LogP contribution in [0.15, 0.2) is 42.5 Å². The van der Waals surface area contributed by atoms with Gasteiger partial charge in [0, 0.05) is 12.7 Å². The fourth-order valence-corrected chi connectivity index (χ4v) is 6.43. The molecule has 0 radical (unpaired) electrons. The highest BCUT2D eigenvalue weighted by Crippen LogP contribution is 2.38. The van der Waals surface area contributed by atoms with Gasteiger partial charge in [-0.1, -0.05) is 49.6 Å². The van der Waals surface area contributed by atoms with E-state index in [9.17, 15) is 17.8 Å². The van der Waals surface area contributed by atoms with Crippen LogP contribution in [0, 0.1) is 7.14 Å². The summed E-state index contributed by atoms with van der Waals surface area (Å²) in [5, 5.41) is 0. The molecule has 1 atom stereocenters. The van der Waals surface area contributed by atoms with Gasteiger partial charge in [0.1, 0.15) is 0 Å². The van der Waals surface area contributed by atoms with Gasteiger partial charge in [-0.05, 0) is 81.6 Å². The van der Waals surface area contributed by atoms with Crippen molar-refractivity contribution in [2.75, 3.05) is 0 Å². The van der Waals surface area contributed by atoms with Crippen LogP contribution >= 0.6 is 45.2 Å². The van der Waals surface area contributed by atoms with Gasteiger partial charge in [0.2, 0.25) is 0 Å². The van der Waals surface area contributed by atoms with Crippen LogP contribution in [0.25, 0.3) is 0 Å². The third-order valence-electron chi connectivity index (χ3n) is 4.89. The molecule has 0 bridgehead atoms. The first-order valence-corrected chi connectivity index (χ1v) is 12.6. The van der Waals surface area contributed by atoms with Crippen molar-refractivity contribution in [1.82, 2.24) is 0 Å². The van der Waals surface area contributed by atoms with Crippen LogP contribution < -0.4 is 0 Å². The minimum absolute atomic E-state index is 0.207. The zero-order valence-electron chi connectivity index (χ0n) is 15.0. The second kappa shape index (κ2) is 9.40. The molecule has 8 heteroatoms. The first kappa shape index (κ1) is 22.0. The monoisotopic (exact) mass is 626 g/mol. The summed E-state index contributed by atoms with van der Waals surface area (Å²) < 4.78 is 40.5. The highest BCUT2D eigenvalue weighted by Gasteiger charge is 2.32. The van der Waals surface area contributed by atoms with E-state index in [1.54, 1.807) is 18.2 Å². The number of hydrogen-bond donors (Lipinski definition) is 1. The number of rotatable bonds is 5. The van der Waals surface area contributed by atoms with Crippen molar-refractivity contribution in [3.8, 4) is 0 Å². The maximum Gasteiger partial charge on any atom is 0.341 e. The van der Waals surface area contributed by atoms with Gasteiger partial charge in [-0.3, -0.25) is 4.55 Å². The molecule has 1 fully saturated rings. The second-order valence-electron chi connectivity index (χ2n) is 6.85. The van der Waals surface area contributed by atoms with E-state index >= 15 is 0 Å². The van der Waals surface area contributed by atoms with Crippen LogP contribution in [0.3, 0.4) is 0 Å². The molecule has 150 valence electrons. The van der Waals surface area contributed by atoms with Gasteiger partial charge in [-0.2, -0.15) is 8.42 Å². The molecule has 0 aromatic heterocycles. The third-order valence-corrected chi connectivity index (χ3v) is 7.27. The number of ether oxygens (including phenoxy) is 1. The lowest BCUT2D eigenvalue weighted by Crippen LogP contribution is -2.22. The Morgan fingerprint density at radius 2 is 1.71 bits per heavy atom. The maximum atomic E-state index is 13.1. The molecule has 1 saturated carbocycles. The molecule has 1 aliphatic carbocycles. The standard InChI is InChI=1S/C20H20I2O5S/c21-15-11-16(13-7-3-1-4-8-13)18(17(22)12-15)19(23)27-20(28(24,25)26)14-9-5-2-6-10-14/h2,5-6,9-13,20H,1,3-4,7-8H2,(H,24,25,26). The number of carbonyl (C=O) groups is 1. The Hall–Kier alpha value is -0.720. The number of esters is 1. The SMILES string of the molecule is O=C(OC(c1ccccc1)S(=O)(=O)O)c1c(I)cc(I)cc1C1CCCCC1. The maximum absolute atomic E-state index is 13.1. The highest BCUT2D eigenvalue weighted by atomic mass is 127. The molecule has 2 aromatic carbocycles. The van der Waals surface area contributed by atoms with E-state index in [2.05, 4.69) is 45.2 Å². The average Bonchev–Trinajstić information content (AvgIpc) is 2.66. The van der Waals surface area contributed by atoms with E-state index in [4.69, 9.17) is 4.74 Å². The normalized spacial score (nSPS) is 16.5. The van der Waals surface area contributed by atoms with Gasteiger partial charge in [0.25, 0.3) is 5.44 Å². The smallest absolute Gasteiger partial charge is 0.341 e. The molecule has 0 heterocycles. The van der Waals surface area contributed by atoms with Gasteiger partial charge >= 0.3 is 16.1 Å². The fourth-order valence-electron chi connectivity index (χ4n) is 3.61. The lowest BCUT2D eigenvalue weighted by Gasteiger charge is -2.25. The third kappa shape index (κ3) is 5.25. The molecule has 1 N–H and O–H groups in total. The Balaban J connectivity index is 1.99. The number of halogens is 2. The lowest BCUT2D eigenvalue weighted by molar-refractivity contribution is 0.0424. The predicted molar refractivity (Wildman–Crippen MR) is 124 cm³/mol. The first-order valence-electron chi connectivity index (χ1n) is 8.98. The molecular weight excluding hydrogens is 606 g/mol. The van der Waals surface area contributed by atoms with Crippen molar-refractivity contribution in [1.29, 1.82) is 0 Å². The van der Waals surface area contributed by atoms with E-state index in [-0.39, 0.29) is 11.5 Å². The fraction of sp³-hybridized carbons (Fsp3) is 0.350. The molecule has 0 spiro atoms. The van der Waals surface area contributed by atoms with Crippen molar-refractivity contribution < 1.29 is 22.5 Å². The molecule has 0 saturated heterocycles. The summed E-state index contributed by atoms with van der Waals surface area (Å²) >= 11 is 4.31. The van der Waals surface area contributed by atoms with Gasteiger partial charge in [0.05, 0.1) is 5.56 Å². The summed E-state index contributed by atoms with van der Waals surface area (Å²) in [7, 11) is -4.63. The summed E-state index contributed by atoms with van der Waals surface area (Å²) in [6.07, 6.45) is 5.40. The number of hydrogen-bond acceptors (Lipinski definition) is 4. The van der Waals surface area contributed by atoms with Crippen molar-refractivity contribution in [2.24, 2.45) is 0 Å². The Morgan fingerprint density at radius 1 is 1.07 bits per heavy atom. The number of carbonyl (C=O) groups excluding carboxylic acids is 1. The molecule has 3 rings (SSSR count). The largest absolute Gasteiger partial charge is 0.435 e. The quantitative estimate of drug-likeness (QED) is 0.262. The molecule has 1 unspecified atom stereocenters. The van der Waals surface area contributed by atoms with E-state index in [0.717, 1.165) is 38.4 Å². The Kier molecular flexibility index (Phi) is 7.37. The summed E-state index contributed by atoms with van der Waals surface area (Å²) in [6, 6.07) is 11.8. The summed E-state index contributed by atoms with van der Waals surface area (Å²) in [6.45, 7) is 0.